The third kappa shape index (κ3) is 5.16. The molecule has 1 aliphatic carbocycles. The Hall–Kier alpha value is -0.750. The van der Waals surface area contributed by atoms with Crippen molar-refractivity contribution in [2.24, 2.45) is 0 Å². The molecule has 1 heterocycles. The molecule has 0 radical (unpaired) electrons. The standard InChI is InChI=1S/C16H27N3OS2/c1-22-13-9-15(20)18-11-5-12-19(18)16(21)17-10-8-14-6-3-2-4-7-14/h6H,2-5,7-13H2,1H3,(H,17,21). The van der Waals surface area contributed by atoms with Crippen LogP contribution in [0.25, 0.3) is 0 Å². The zero-order valence-electron chi connectivity index (χ0n) is 13.5. The van der Waals surface area contributed by atoms with Gasteiger partial charge in [-0.15, -0.1) is 0 Å². The molecule has 0 aromatic heterocycles. The first kappa shape index (κ1) is 17.6. The highest BCUT2D eigenvalue weighted by atomic mass is 32.2. The molecule has 0 bridgehead atoms. The number of carbonyl (C=O) groups excluding carboxylic acids is 1. The van der Waals surface area contributed by atoms with Crippen molar-refractivity contribution in [2.75, 3.05) is 31.6 Å². The Balaban J connectivity index is 1.75. The SMILES string of the molecule is CSCCC(=O)N1CCCN1C(=S)NCCC1=CCCCC1. The van der Waals surface area contributed by atoms with Gasteiger partial charge >= 0.3 is 0 Å². The summed E-state index contributed by atoms with van der Waals surface area (Å²) in [6.45, 7) is 2.51. The molecule has 2 rings (SSSR count). The molecule has 0 unspecified atom stereocenters. The molecule has 1 N–H and O–H groups in total. The van der Waals surface area contributed by atoms with Crippen molar-refractivity contribution >= 4 is 35.0 Å². The lowest BCUT2D eigenvalue weighted by molar-refractivity contribution is -0.138. The summed E-state index contributed by atoms with van der Waals surface area (Å²) in [6, 6.07) is 0. The summed E-state index contributed by atoms with van der Waals surface area (Å²) in [5.41, 5.74) is 1.55. The van der Waals surface area contributed by atoms with E-state index in [4.69, 9.17) is 12.2 Å². The van der Waals surface area contributed by atoms with Gasteiger partial charge in [-0.25, -0.2) is 0 Å². The first-order valence-corrected chi connectivity index (χ1v) is 10.0. The van der Waals surface area contributed by atoms with Crippen LogP contribution >= 0.6 is 24.0 Å². The molecule has 1 amide bonds. The summed E-state index contributed by atoms with van der Waals surface area (Å²) in [5, 5.41) is 7.81. The highest BCUT2D eigenvalue weighted by molar-refractivity contribution is 7.98. The van der Waals surface area contributed by atoms with Crippen LogP contribution in [-0.4, -0.2) is 52.7 Å². The first-order chi connectivity index (χ1) is 10.7. The van der Waals surface area contributed by atoms with Crippen molar-refractivity contribution in [2.45, 2.75) is 44.9 Å². The molecule has 0 aromatic carbocycles. The second kappa shape index (κ2) is 9.40. The number of thioether (sulfide) groups is 1. The fourth-order valence-electron chi connectivity index (χ4n) is 2.95. The van der Waals surface area contributed by atoms with Crippen molar-refractivity contribution in [3.63, 3.8) is 0 Å². The van der Waals surface area contributed by atoms with E-state index in [0.29, 0.717) is 11.5 Å². The van der Waals surface area contributed by atoms with Crippen molar-refractivity contribution in [1.82, 2.24) is 15.3 Å². The Morgan fingerprint density at radius 3 is 2.86 bits per heavy atom. The smallest absolute Gasteiger partial charge is 0.241 e. The van der Waals surface area contributed by atoms with E-state index in [9.17, 15) is 4.79 Å². The van der Waals surface area contributed by atoms with Crippen LogP contribution in [0.1, 0.15) is 44.9 Å². The highest BCUT2D eigenvalue weighted by Crippen LogP contribution is 2.19. The van der Waals surface area contributed by atoms with Crippen molar-refractivity contribution in [1.29, 1.82) is 0 Å². The number of hydrogen-bond donors (Lipinski definition) is 1. The largest absolute Gasteiger partial charge is 0.361 e. The number of rotatable bonds is 6. The summed E-state index contributed by atoms with van der Waals surface area (Å²) in [5.74, 6) is 1.06. The number of hydrazine groups is 1. The molecule has 4 nitrogen and oxygen atoms in total. The maximum atomic E-state index is 12.2. The molecular formula is C16H27N3OS2. The second-order valence-electron chi connectivity index (χ2n) is 5.83. The zero-order valence-corrected chi connectivity index (χ0v) is 15.1. The Labute approximate surface area is 143 Å². The minimum atomic E-state index is 0.186. The third-order valence-electron chi connectivity index (χ3n) is 4.18. The second-order valence-corrected chi connectivity index (χ2v) is 7.20. The average molecular weight is 342 g/mol. The summed E-state index contributed by atoms with van der Waals surface area (Å²) in [7, 11) is 0. The number of hydrogen-bond acceptors (Lipinski definition) is 3. The van der Waals surface area contributed by atoms with Gasteiger partial charge < -0.3 is 5.32 Å². The number of nitrogens with one attached hydrogen (secondary N) is 1. The number of allylic oxidation sites excluding steroid dienone is 1. The fraction of sp³-hybridized carbons (Fsp3) is 0.750. The van der Waals surface area contributed by atoms with Gasteiger partial charge in [-0.3, -0.25) is 14.8 Å². The van der Waals surface area contributed by atoms with Gasteiger partial charge in [0, 0.05) is 31.8 Å². The van der Waals surface area contributed by atoms with E-state index in [-0.39, 0.29) is 5.91 Å². The molecule has 0 saturated carbocycles. The molecule has 22 heavy (non-hydrogen) atoms. The van der Waals surface area contributed by atoms with Gasteiger partial charge in [0.2, 0.25) is 5.91 Å². The molecule has 1 saturated heterocycles. The Morgan fingerprint density at radius 2 is 2.14 bits per heavy atom. The molecule has 0 atom stereocenters. The predicted octanol–water partition coefficient (Wildman–Crippen LogP) is 2.95. The van der Waals surface area contributed by atoms with E-state index < -0.39 is 0 Å². The summed E-state index contributed by atoms with van der Waals surface area (Å²) in [6.07, 6.45) is 12.2. The summed E-state index contributed by atoms with van der Waals surface area (Å²) >= 11 is 7.19. The predicted molar refractivity (Wildman–Crippen MR) is 97.8 cm³/mol. The van der Waals surface area contributed by atoms with Crippen molar-refractivity contribution in [3.05, 3.63) is 11.6 Å². The van der Waals surface area contributed by atoms with Gasteiger partial charge in [-0.2, -0.15) is 11.8 Å². The van der Waals surface area contributed by atoms with Crippen LogP contribution in [0.5, 0.6) is 0 Å². The van der Waals surface area contributed by atoms with Crippen molar-refractivity contribution in [3.8, 4) is 0 Å². The maximum absolute atomic E-state index is 12.2. The monoisotopic (exact) mass is 341 g/mol. The Morgan fingerprint density at radius 1 is 1.32 bits per heavy atom. The molecule has 0 spiro atoms. The first-order valence-electron chi connectivity index (χ1n) is 8.25. The summed E-state index contributed by atoms with van der Waals surface area (Å²) < 4.78 is 0. The number of amides is 1. The van der Waals surface area contributed by atoms with Crippen molar-refractivity contribution < 1.29 is 4.79 Å². The van der Waals surface area contributed by atoms with Crippen LogP contribution in [-0.2, 0) is 4.79 Å². The molecule has 2 aliphatic rings. The number of thiocarbonyl (C=S) groups is 1. The normalized spacial score (nSPS) is 18.3. The molecule has 1 fully saturated rings. The van der Waals surface area contributed by atoms with Crippen LogP contribution in [0.2, 0.25) is 0 Å². The van der Waals surface area contributed by atoms with E-state index in [2.05, 4.69) is 11.4 Å². The van der Waals surface area contributed by atoms with Gasteiger partial charge in [-0.05, 0) is 57.0 Å². The van der Waals surface area contributed by atoms with Gasteiger partial charge in [0.1, 0.15) is 0 Å². The Kier molecular flexibility index (Phi) is 7.52. The topological polar surface area (TPSA) is 35.6 Å². The van der Waals surface area contributed by atoms with Crippen LogP contribution in [0, 0.1) is 0 Å². The molecule has 124 valence electrons. The molecular weight excluding hydrogens is 314 g/mol. The maximum Gasteiger partial charge on any atom is 0.241 e. The van der Waals surface area contributed by atoms with Gasteiger partial charge in [0.05, 0.1) is 0 Å². The number of nitrogens with zero attached hydrogens (tertiary/aromatic N) is 2. The average Bonchev–Trinajstić information content (AvgIpc) is 3.03. The van der Waals surface area contributed by atoms with E-state index in [1.54, 1.807) is 17.3 Å². The lowest BCUT2D eigenvalue weighted by Gasteiger charge is -2.30. The van der Waals surface area contributed by atoms with Crippen LogP contribution in [0.15, 0.2) is 11.6 Å². The van der Waals surface area contributed by atoms with Crippen LogP contribution < -0.4 is 5.32 Å². The van der Waals surface area contributed by atoms with E-state index in [1.165, 1.54) is 25.7 Å². The third-order valence-corrected chi connectivity index (χ3v) is 5.15. The minimum absolute atomic E-state index is 0.186. The van der Waals surface area contributed by atoms with E-state index >= 15 is 0 Å². The lowest BCUT2D eigenvalue weighted by atomic mass is 9.97. The molecule has 0 aromatic rings. The lowest BCUT2D eigenvalue weighted by Crippen LogP contribution is -2.49. The summed E-state index contributed by atoms with van der Waals surface area (Å²) in [4.78, 5) is 12.2. The molecule has 6 heteroatoms. The zero-order chi connectivity index (χ0) is 15.8. The van der Waals surface area contributed by atoms with Crippen LogP contribution in [0.4, 0.5) is 0 Å². The minimum Gasteiger partial charge on any atom is -0.361 e. The quantitative estimate of drug-likeness (QED) is 0.594. The highest BCUT2D eigenvalue weighted by Gasteiger charge is 2.27. The number of carbonyl (C=O) groups is 1. The van der Waals surface area contributed by atoms with Gasteiger partial charge in [0.25, 0.3) is 0 Å². The van der Waals surface area contributed by atoms with Gasteiger partial charge in [0.15, 0.2) is 5.11 Å². The fourth-order valence-corrected chi connectivity index (χ4v) is 3.62. The van der Waals surface area contributed by atoms with E-state index in [1.807, 2.05) is 16.3 Å². The van der Waals surface area contributed by atoms with Gasteiger partial charge in [-0.1, -0.05) is 11.6 Å². The Bertz CT molecular complexity index is 426. The molecule has 1 aliphatic heterocycles. The van der Waals surface area contributed by atoms with Crippen LogP contribution in [0.3, 0.4) is 0 Å². The van der Waals surface area contributed by atoms with E-state index in [0.717, 1.165) is 38.2 Å².